The molecule has 0 saturated carbocycles. The molecule has 200 valence electrons. The van der Waals surface area contributed by atoms with Crippen LogP contribution in [0.4, 0.5) is 0 Å². The molecule has 7 aromatic rings. The number of hydrogen-bond acceptors (Lipinski definition) is 2. The minimum absolute atomic E-state index is 0.494. The first kappa shape index (κ1) is 25.4. The number of amidine groups is 2. The molecular weight excluding hydrogens is 514 g/mol. The van der Waals surface area contributed by atoms with Crippen LogP contribution < -0.4 is 0 Å². The minimum atomic E-state index is 0.494. The molecule has 0 spiro atoms. The second kappa shape index (κ2) is 11.1. The first-order valence-corrected chi connectivity index (χ1v) is 13.9. The number of aliphatic imine (C=N–C) groups is 3. The molecule has 0 bridgehead atoms. The first-order chi connectivity index (χ1) is 20.8. The number of nitrogens with zero attached hydrogens (tertiary/aromatic N) is 3. The molecule has 0 saturated heterocycles. The van der Waals surface area contributed by atoms with Gasteiger partial charge in [-0.15, -0.1) is 0 Å². The Bertz CT molecular complexity index is 2120. The first-order valence-electron chi connectivity index (χ1n) is 13.9. The number of rotatable bonds is 5. The van der Waals surface area contributed by atoms with Crippen molar-refractivity contribution in [2.75, 3.05) is 0 Å². The van der Waals surface area contributed by atoms with Gasteiger partial charge >= 0.3 is 0 Å². The maximum absolute atomic E-state index is 6.27. The molecule has 0 fully saturated rings. The molecule has 0 unspecified atom stereocenters. The summed E-state index contributed by atoms with van der Waals surface area (Å²) < 4.78 is 6.27. The zero-order valence-corrected chi connectivity index (χ0v) is 22.9. The van der Waals surface area contributed by atoms with Gasteiger partial charge in [-0.3, -0.25) is 4.99 Å². The van der Waals surface area contributed by atoms with Crippen molar-refractivity contribution in [1.82, 2.24) is 0 Å². The van der Waals surface area contributed by atoms with E-state index in [2.05, 4.69) is 78.4 Å². The van der Waals surface area contributed by atoms with E-state index >= 15 is 0 Å². The van der Waals surface area contributed by atoms with Gasteiger partial charge in [0.25, 0.3) is 0 Å². The predicted molar refractivity (Wildman–Crippen MR) is 176 cm³/mol. The lowest BCUT2D eigenvalue weighted by Gasteiger charge is -2.08. The largest absolute Gasteiger partial charge is 0.456 e. The Morgan fingerprint density at radius 3 is 2.17 bits per heavy atom. The molecule has 1 aromatic heterocycles. The third-order valence-corrected chi connectivity index (χ3v) is 7.47. The third-order valence-electron chi connectivity index (χ3n) is 7.47. The molecule has 7 rings (SSSR count). The van der Waals surface area contributed by atoms with Gasteiger partial charge in [-0.25, -0.2) is 9.98 Å². The van der Waals surface area contributed by atoms with Gasteiger partial charge in [0.15, 0.2) is 11.7 Å². The topological polar surface area (TPSA) is 50.2 Å². The smallest absolute Gasteiger partial charge is 0.161 e. The van der Waals surface area contributed by atoms with E-state index in [0.717, 1.165) is 55.1 Å². The number of hydrogen-bond donors (Lipinski definition) is 0. The molecule has 1 heterocycles. The highest BCUT2D eigenvalue weighted by molar-refractivity contribution is 6.22. The monoisotopic (exact) mass is 541 g/mol. The fourth-order valence-electron chi connectivity index (χ4n) is 5.37. The summed E-state index contributed by atoms with van der Waals surface area (Å²) in [6, 6.07) is 47.4. The summed E-state index contributed by atoms with van der Waals surface area (Å²) in [6.07, 6.45) is 0. The Morgan fingerprint density at radius 1 is 0.595 bits per heavy atom. The van der Waals surface area contributed by atoms with Gasteiger partial charge in [0.1, 0.15) is 11.2 Å². The highest BCUT2D eigenvalue weighted by Crippen LogP contribution is 2.35. The van der Waals surface area contributed by atoms with E-state index < -0.39 is 0 Å². The molecule has 0 amide bonds. The average Bonchev–Trinajstić information content (AvgIpc) is 3.44. The van der Waals surface area contributed by atoms with Crippen LogP contribution in [0, 0.1) is 0 Å². The van der Waals surface area contributed by atoms with E-state index in [1.54, 1.807) is 0 Å². The van der Waals surface area contributed by atoms with Crippen LogP contribution in [0.5, 0.6) is 0 Å². The fraction of sp³-hybridized carbons (Fsp3) is 0.0263. The van der Waals surface area contributed by atoms with E-state index in [9.17, 15) is 0 Å². The zero-order chi connectivity index (χ0) is 28.3. The summed E-state index contributed by atoms with van der Waals surface area (Å²) in [5.41, 5.74) is 6.72. The summed E-state index contributed by atoms with van der Waals surface area (Å²) >= 11 is 0. The predicted octanol–water partition coefficient (Wildman–Crippen LogP) is 9.50. The molecule has 0 N–H and O–H groups in total. The Balaban J connectivity index is 1.40. The van der Waals surface area contributed by atoms with Gasteiger partial charge in [-0.1, -0.05) is 115 Å². The van der Waals surface area contributed by atoms with Gasteiger partial charge in [-0.2, -0.15) is 0 Å². The van der Waals surface area contributed by atoms with Crippen LogP contribution in [0.3, 0.4) is 0 Å². The van der Waals surface area contributed by atoms with Crippen LogP contribution in [0.25, 0.3) is 43.8 Å². The van der Waals surface area contributed by atoms with Crippen molar-refractivity contribution in [3.63, 3.8) is 0 Å². The van der Waals surface area contributed by atoms with Crippen molar-refractivity contribution in [3.05, 3.63) is 156 Å². The quantitative estimate of drug-likeness (QED) is 0.158. The Morgan fingerprint density at radius 2 is 1.36 bits per heavy atom. The van der Waals surface area contributed by atoms with E-state index in [1.807, 2.05) is 72.8 Å². The molecule has 42 heavy (non-hydrogen) atoms. The van der Waals surface area contributed by atoms with Crippen molar-refractivity contribution in [1.29, 1.82) is 0 Å². The Labute approximate surface area is 244 Å². The third kappa shape index (κ3) is 4.91. The lowest BCUT2D eigenvalue weighted by Crippen LogP contribution is -2.06. The number of fused-ring (bicyclic) bond motifs is 4. The van der Waals surface area contributed by atoms with Crippen molar-refractivity contribution in [2.45, 2.75) is 6.54 Å². The minimum Gasteiger partial charge on any atom is -0.456 e. The lowest BCUT2D eigenvalue weighted by molar-refractivity contribution is 0.669. The molecule has 4 nitrogen and oxygen atoms in total. The summed E-state index contributed by atoms with van der Waals surface area (Å²) in [6.45, 7) is 4.42. The second-order valence-corrected chi connectivity index (χ2v) is 10.1. The average molecular weight is 542 g/mol. The van der Waals surface area contributed by atoms with Crippen LogP contribution in [0.15, 0.2) is 159 Å². The van der Waals surface area contributed by atoms with E-state index in [0.29, 0.717) is 18.2 Å². The van der Waals surface area contributed by atoms with Gasteiger partial charge in [0.05, 0.1) is 6.54 Å². The maximum atomic E-state index is 6.27. The molecule has 0 radical (unpaired) electrons. The highest BCUT2D eigenvalue weighted by Gasteiger charge is 2.16. The van der Waals surface area contributed by atoms with Crippen molar-refractivity contribution < 1.29 is 4.42 Å². The molecule has 4 heteroatoms. The lowest BCUT2D eigenvalue weighted by atomic mass is 10.0. The SMILES string of the molecule is C=N/C(=N\C(=N/Cc1ccccc1)c1ccc2ccccc2c1)c1cccc2oc3ccc(-c4ccccc4)cc3c12. The van der Waals surface area contributed by atoms with Gasteiger partial charge in [0, 0.05) is 21.9 Å². The summed E-state index contributed by atoms with van der Waals surface area (Å²) in [4.78, 5) is 14.5. The molecule has 0 aliphatic rings. The standard InChI is InChI=1S/C38H27N3O/c1-39-38(32-17-10-18-35-36(32)33-24-30(21-22-34(33)42-35)27-13-6-3-7-14-27)41-37(40-25-26-11-4-2-5-12-26)31-20-19-28-15-8-9-16-29(28)23-31/h2-24H,1,25H2/b40-37-,41-38-. The summed E-state index contributed by atoms with van der Waals surface area (Å²) in [7, 11) is 0. The number of benzene rings is 6. The highest BCUT2D eigenvalue weighted by atomic mass is 16.3. The second-order valence-electron chi connectivity index (χ2n) is 10.1. The number of furan rings is 1. The fourth-order valence-corrected chi connectivity index (χ4v) is 5.37. The molecule has 0 atom stereocenters. The van der Waals surface area contributed by atoms with Gasteiger partial charge in [-0.05, 0) is 58.4 Å². The maximum Gasteiger partial charge on any atom is 0.161 e. The van der Waals surface area contributed by atoms with Crippen LogP contribution in [0.2, 0.25) is 0 Å². The van der Waals surface area contributed by atoms with Crippen LogP contribution in [-0.4, -0.2) is 18.4 Å². The zero-order valence-electron chi connectivity index (χ0n) is 22.9. The normalized spacial score (nSPS) is 12.3. The molecule has 0 aliphatic carbocycles. The van der Waals surface area contributed by atoms with Crippen LogP contribution in [0.1, 0.15) is 16.7 Å². The van der Waals surface area contributed by atoms with E-state index in [1.165, 1.54) is 5.39 Å². The van der Waals surface area contributed by atoms with E-state index in [4.69, 9.17) is 14.4 Å². The van der Waals surface area contributed by atoms with E-state index in [-0.39, 0.29) is 0 Å². The van der Waals surface area contributed by atoms with Crippen molar-refractivity contribution in [2.24, 2.45) is 15.0 Å². The Hall–Kier alpha value is -5.61. The Kier molecular flexibility index (Phi) is 6.71. The molecular formula is C38H27N3O. The molecule has 0 aliphatic heterocycles. The van der Waals surface area contributed by atoms with Gasteiger partial charge < -0.3 is 4.42 Å². The van der Waals surface area contributed by atoms with Crippen molar-refractivity contribution >= 4 is 51.1 Å². The van der Waals surface area contributed by atoms with Gasteiger partial charge in [0.2, 0.25) is 0 Å². The van der Waals surface area contributed by atoms with Crippen LogP contribution >= 0.6 is 0 Å². The van der Waals surface area contributed by atoms with Crippen LogP contribution in [-0.2, 0) is 6.54 Å². The summed E-state index contributed by atoms with van der Waals surface area (Å²) in [5, 5.41) is 4.25. The van der Waals surface area contributed by atoms with Crippen molar-refractivity contribution in [3.8, 4) is 11.1 Å². The molecule has 6 aromatic carbocycles. The summed E-state index contributed by atoms with van der Waals surface area (Å²) in [5.74, 6) is 1.09.